The lowest BCUT2D eigenvalue weighted by molar-refractivity contribution is 0.248. The highest BCUT2D eigenvalue weighted by molar-refractivity contribution is 5.51. The van der Waals surface area contributed by atoms with Crippen LogP contribution in [0.4, 0.5) is 11.8 Å². The molecule has 3 N–H and O–H groups in total. The number of hydrogen-bond acceptors (Lipinski definition) is 7. The summed E-state index contributed by atoms with van der Waals surface area (Å²) in [5, 5.41) is 7.00. The number of nitrogens with zero attached hydrogens (tertiary/aromatic N) is 3. The third kappa shape index (κ3) is 3.84. The van der Waals surface area contributed by atoms with Gasteiger partial charge < -0.3 is 20.3 Å². The van der Waals surface area contributed by atoms with Crippen LogP contribution in [0.15, 0.2) is 16.8 Å². The molecule has 0 aliphatic heterocycles. The third-order valence-corrected chi connectivity index (χ3v) is 2.64. The zero-order valence-electron chi connectivity index (χ0n) is 11.7. The predicted octanol–water partition coefficient (Wildman–Crippen LogP) is 2.15. The molecule has 0 amide bonds. The van der Waals surface area contributed by atoms with Crippen LogP contribution in [0.2, 0.25) is 0 Å². The van der Waals surface area contributed by atoms with Gasteiger partial charge in [0.15, 0.2) is 17.3 Å². The Labute approximate surface area is 117 Å². The van der Waals surface area contributed by atoms with Crippen molar-refractivity contribution in [1.29, 1.82) is 0 Å². The topological polar surface area (TPSA) is 99.1 Å². The smallest absolute Gasteiger partial charge is 0.222 e. The fourth-order valence-electron chi connectivity index (χ4n) is 1.63. The van der Waals surface area contributed by atoms with E-state index < -0.39 is 0 Å². The van der Waals surface area contributed by atoms with E-state index in [1.165, 1.54) is 0 Å². The van der Waals surface area contributed by atoms with Gasteiger partial charge in [0.25, 0.3) is 0 Å². The minimum Gasteiger partial charge on any atom is -0.480 e. The van der Waals surface area contributed by atoms with Crippen LogP contribution in [-0.2, 0) is 6.61 Å². The number of aryl methyl sites for hydroxylation is 1. The van der Waals surface area contributed by atoms with Crippen LogP contribution >= 0.6 is 0 Å². The Morgan fingerprint density at radius 3 is 3.00 bits per heavy atom. The quantitative estimate of drug-likeness (QED) is 0.748. The van der Waals surface area contributed by atoms with Crippen LogP contribution in [0, 0.1) is 6.92 Å². The highest BCUT2D eigenvalue weighted by Crippen LogP contribution is 2.22. The van der Waals surface area contributed by atoms with Gasteiger partial charge in [0.1, 0.15) is 6.61 Å². The van der Waals surface area contributed by atoms with Crippen LogP contribution in [0.25, 0.3) is 0 Å². The van der Waals surface area contributed by atoms with Gasteiger partial charge in [0.2, 0.25) is 5.95 Å². The summed E-state index contributed by atoms with van der Waals surface area (Å²) in [5.41, 5.74) is 6.41. The molecule has 0 saturated heterocycles. The van der Waals surface area contributed by atoms with Gasteiger partial charge in [-0.2, -0.15) is 4.98 Å². The van der Waals surface area contributed by atoms with E-state index in [0.29, 0.717) is 17.3 Å². The summed E-state index contributed by atoms with van der Waals surface area (Å²) < 4.78 is 10.7. The van der Waals surface area contributed by atoms with Crippen molar-refractivity contribution in [3.05, 3.63) is 23.7 Å². The van der Waals surface area contributed by atoms with Gasteiger partial charge in [0, 0.05) is 12.6 Å². The van der Waals surface area contributed by atoms with Gasteiger partial charge in [-0.05, 0) is 13.3 Å². The summed E-state index contributed by atoms with van der Waals surface area (Å²) in [5.74, 6) is 2.01. The molecule has 20 heavy (non-hydrogen) atoms. The van der Waals surface area contributed by atoms with Gasteiger partial charge in [0.05, 0.1) is 11.9 Å². The van der Waals surface area contributed by atoms with Crippen molar-refractivity contribution in [2.75, 3.05) is 17.6 Å². The fourth-order valence-corrected chi connectivity index (χ4v) is 1.63. The van der Waals surface area contributed by atoms with Crippen LogP contribution in [0.5, 0.6) is 5.75 Å². The average Bonchev–Trinajstić information content (AvgIpc) is 2.84. The Hall–Kier alpha value is -2.31. The van der Waals surface area contributed by atoms with E-state index in [9.17, 15) is 0 Å². The summed E-state index contributed by atoms with van der Waals surface area (Å²) in [7, 11) is 0. The van der Waals surface area contributed by atoms with Gasteiger partial charge in [-0.15, -0.1) is 0 Å². The lowest BCUT2D eigenvalue weighted by atomic mass is 10.3. The van der Waals surface area contributed by atoms with E-state index in [2.05, 4.69) is 27.4 Å². The Morgan fingerprint density at radius 1 is 1.45 bits per heavy atom. The molecular weight excluding hydrogens is 258 g/mol. The summed E-state index contributed by atoms with van der Waals surface area (Å²) >= 11 is 0. The summed E-state index contributed by atoms with van der Waals surface area (Å²) in [6.07, 6.45) is 3.70. The van der Waals surface area contributed by atoms with Gasteiger partial charge in [-0.25, -0.2) is 4.98 Å². The molecule has 0 saturated carbocycles. The van der Waals surface area contributed by atoms with Crippen molar-refractivity contribution in [3.63, 3.8) is 0 Å². The molecule has 0 aliphatic rings. The molecule has 0 aromatic carbocycles. The lowest BCUT2D eigenvalue weighted by Crippen LogP contribution is -2.08. The number of anilines is 2. The Morgan fingerprint density at radius 2 is 2.30 bits per heavy atom. The van der Waals surface area contributed by atoms with E-state index in [1.807, 2.05) is 13.0 Å². The number of nitrogens with one attached hydrogen (secondary N) is 1. The number of hydrogen-bond donors (Lipinski definition) is 2. The van der Waals surface area contributed by atoms with Gasteiger partial charge in [-0.1, -0.05) is 18.5 Å². The van der Waals surface area contributed by atoms with Gasteiger partial charge in [-0.3, -0.25) is 0 Å². The molecule has 0 radical (unpaired) electrons. The maximum atomic E-state index is 5.65. The number of nitrogens with two attached hydrogens (primary N) is 1. The Balaban J connectivity index is 2.01. The second-order valence-corrected chi connectivity index (χ2v) is 4.44. The van der Waals surface area contributed by atoms with E-state index in [0.717, 1.165) is 25.1 Å². The molecule has 0 fully saturated rings. The molecular formula is C13H19N5O2. The first-order chi connectivity index (χ1) is 9.69. The van der Waals surface area contributed by atoms with Crippen LogP contribution in [-0.4, -0.2) is 21.7 Å². The van der Waals surface area contributed by atoms with Gasteiger partial charge >= 0.3 is 0 Å². The van der Waals surface area contributed by atoms with Crippen LogP contribution < -0.4 is 15.8 Å². The molecule has 2 aromatic rings. The number of rotatable bonds is 7. The Bertz CT molecular complexity index is 555. The number of ether oxygens (including phenoxy) is 1. The van der Waals surface area contributed by atoms with Crippen molar-refractivity contribution in [2.24, 2.45) is 0 Å². The molecule has 2 aromatic heterocycles. The Kier molecular flexibility index (Phi) is 4.75. The van der Waals surface area contributed by atoms with Crippen molar-refractivity contribution in [1.82, 2.24) is 15.1 Å². The van der Waals surface area contributed by atoms with Crippen molar-refractivity contribution in [2.45, 2.75) is 33.3 Å². The average molecular weight is 277 g/mol. The molecule has 7 nitrogen and oxygen atoms in total. The van der Waals surface area contributed by atoms with Crippen molar-refractivity contribution < 1.29 is 9.26 Å². The molecule has 7 heteroatoms. The zero-order chi connectivity index (χ0) is 14.4. The molecule has 2 heterocycles. The monoisotopic (exact) mass is 277 g/mol. The number of nitrogen functional groups attached to an aromatic ring is 1. The molecule has 108 valence electrons. The largest absolute Gasteiger partial charge is 0.480 e. The fraction of sp³-hybridized carbons (Fsp3) is 0.462. The number of unbranched alkanes of at least 4 members (excludes halogenated alkanes) is 1. The second-order valence-electron chi connectivity index (χ2n) is 4.44. The van der Waals surface area contributed by atoms with Crippen LogP contribution in [0.3, 0.4) is 0 Å². The summed E-state index contributed by atoms with van der Waals surface area (Å²) in [6.45, 7) is 5.07. The highest BCUT2D eigenvalue weighted by Gasteiger charge is 2.09. The second kappa shape index (κ2) is 6.74. The first kappa shape index (κ1) is 14.1. The SMILES string of the molecule is CCCCNc1nc(N)ncc1OCc1cc(C)no1. The number of aromatic nitrogens is 3. The maximum absolute atomic E-state index is 5.65. The highest BCUT2D eigenvalue weighted by atomic mass is 16.5. The first-order valence-electron chi connectivity index (χ1n) is 6.60. The molecule has 2 rings (SSSR count). The maximum Gasteiger partial charge on any atom is 0.222 e. The zero-order valence-corrected chi connectivity index (χ0v) is 11.7. The van der Waals surface area contributed by atoms with E-state index in [4.69, 9.17) is 15.0 Å². The predicted molar refractivity (Wildman–Crippen MR) is 75.4 cm³/mol. The van der Waals surface area contributed by atoms with E-state index >= 15 is 0 Å². The van der Waals surface area contributed by atoms with E-state index in [1.54, 1.807) is 6.20 Å². The van der Waals surface area contributed by atoms with Crippen LogP contribution in [0.1, 0.15) is 31.2 Å². The standard InChI is InChI=1S/C13H19N5O2/c1-3-4-5-15-12-11(7-16-13(14)17-12)19-8-10-6-9(2)18-20-10/h6-7H,3-5,8H2,1-2H3,(H3,14,15,16,17). The molecule has 0 bridgehead atoms. The molecule has 0 atom stereocenters. The summed E-state index contributed by atoms with van der Waals surface area (Å²) in [4.78, 5) is 8.09. The summed E-state index contributed by atoms with van der Waals surface area (Å²) in [6, 6.07) is 1.82. The molecule has 0 spiro atoms. The molecule has 0 aliphatic carbocycles. The van der Waals surface area contributed by atoms with Crippen molar-refractivity contribution in [3.8, 4) is 5.75 Å². The lowest BCUT2D eigenvalue weighted by Gasteiger charge is -2.11. The molecule has 0 unspecified atom stereocenters. The first-order valence-corrected chi connectivity index (χ1v) is 6.60. The normalized spacial score (nSPS) is 10.5. The minimum absolute atomic E-state index is 0.215. The van der Waals surface area contributed by atoms with E-state index in [-0.39, 0.29) is 12.6 Å². The minimum atomic E-state index is 0.215. The third-order valence-electron chi connectivity index (χ3n) is 2.64. The van der Waals surface area contributed by atoms with Crippen molar-refractivity contribution >= 4 is 11.8 Å².